The quantitative estimate of drug-likeness (QED) is 0.251. The van der Waals surface area contributed by atoms with E-state index in [4.69, 9.17) is 21.3 Å². The van der Waals surface area contributed by atoms with Gasteiger partial charge in [-0.1, -0.05) is 30.7 Å². The Morgan fingerprint density at radius 2 is 1.98 bits per heavy atom. The molecule has 2 aliphatic rings. The summed E-state index contributed by atoms with van der Waals surface area (Å²) in [5, 5.41) is 14.3. The lowest BCUT2D eigenvalue weighted by molar-refractivity contribution is -0.134. The number of ether oxygens (including phenoxy) is 1. The maximum atomic E-state index is 13.1. The Bertz CT molecular complexity index is 1690. The van der Waals surface area contributed by atoms with Crippen LogP contribution in [0.2, 0.25) is 5.02 Å². The zero-order valence-electron chi connectivity index (χ0n) is 24.4. The zero-order valence-corrected chi connectivity index (χ0v) is 25.2. The maximum absolute atomic E-state index is 13.1. The number of carbonyl (C=O) groups is 2. The molecule has 2 saturated heterocycles. The van der Waals surface area contributed by atoms with Gasteiger partial charge in [-0.05, 0) is 43.7 Å². The maximum Gasteiger partial charge on any atom is 0.247 e. The van der Waals surface area contributed by atoms with Crippen LogP contribution in [0.3, 0.4) is 0 Å². The normalized spacial score (nSPS) is 16.9. The predicted molar refractivity (Wildman–Crippen MR) is 171 cm³/mol. The number of anilines is 4. The largest absolute Gasteiger partial charge is 0.494 e. The van der Waals surface area contributed by atoms with Crippen LogP contribution in [0.15, 0.2) is 61.6 Å². The van der Waals surface area contributed by atoms with E-state index in [1.807, 2.05) is 35.4 Å². The van der Waals surface area contributed by atoms with Crippen molar-refractivity contribution < 1.29 is 14.3 Å². The third-order valence-corrected chi connectivity index (χ3v) is 8.25. The average Bonchev–Trinajstić information content (AvgIpc) is 3.50. The number of fused-ring (bicyclic) bond motifs is 1. The predicted octanol–water partition coefficient (Wildman–Crippen LogP) is 4.11. The molecule has 0 saturated carbocycles. The van der Waals surface area contributed by atoms with Gasteiger partial charge < -0.3 is 30.5 Å². The van der Waals surface area contributed by atoms with Gasteiger partial charge in [-0.25, -0.2) is 14.5 Å². The summed E-state index contributed by atoms with van der Waals surface area (Å²) < 4.78 is 7.52. The lowest BCUT2D eigenvalue weighted by Crippen LogP contribution is -2.55. The summed E-state index contributed by atoms with van der Waals surface area (Å²) in [6.45, 7) is 6.86. The highest BCUT2D eigenvalue weighted by Crippen LogP contribution is 2.39. The van der Waals surface area contributed by atoms with Crippen molar-refractivity contribution in [1.82, 2.24) is 29.8 Å². The minimum Gasteiger partial charge on any atom is -0.494 e. The fourth-order valence-corrected chi connectivity index (χ4v) is 5.88. The van der Waals surface area contributed by atoms with Crippen LogP contribution >= 0.6 is 11.6 Å². The molecule has 2 amide bonds. The van der Waals surface area contributed by atoms with Crippen molar-refractivity contribution in [3.05, 3.63) is 66.6 Å². The number of carbonyl (C=O) groups excluding carboxylic acids is 2. The molecule has 3 aromatic heterocycles. The third-order valence-electron chi connectivity index (χ3n) is 7.97. The molecule has 0 spiro atoms. The van der Waals surface area contributed by atoms with Crippen molar-refractivity contribution in [1.29, 1.82) is 0 Å². The first kappa shape index (κ1) is 29.4. The molecular formula is C31H34ClN9O3. The summed E-state index contributed by atoms with van der Waals surface area (Å²) in [6.07, 6.45) is 9.37. The number of nitrogens with one attached hydrogen (secondary N) is 3. The molecule has 3 N–H and O–H groups in total. The van der Waals surface area contributed by atoms with Crippen molar-refractivity contribution in [2.45, 2.75) is 25.3 Å². The average molecular weight is 616 g/mol. The number of hydrogen-bond donors (Lipinski definition) is 3. The van der Waals surface area contributed by atoms with Gasteiger partial charge in [0, 0.05) is 44.0 Å². The Morgan fingerprint density at radius 1 is 1.14 bits per heavy atom. The number of aromatic nitrogens is 4. The first-order valence-electron chi connectivity index (χ1n) is 14.6. The summed E-state index contributed by atoms with van der Waals surface area (Å²) in [7, 11) is 1.58. The molecule has 6 rings (SSSR count). The molecule has 5 heterocycles. The first-order chi connectivity index (χ1) is 21.4. The highest BCUT2D eigenvalue weighted by atomic mass is 35.5. The Kier molecular flexibility index (Phi) is 8.62. The summed E-state index contributed by atoms with van der Waals surface area (Å²) in [4.78, 5) is 38.7. The van der Waals surface area contributed by atoms with E-state index in [-0.39, 0.29) is 23.8 Å². The van der Waals surface area contributed by atoms with Crippen LogP contribution in [0.5, 0.6) is 5.75 Å². The van der Waals surface area contributed by atoms with E-state index in [0.29, 0.717) is 54.0 Å². The van der Waals surface area contributed by atoms with E-state index in [1.54, 1.807) is 23.9 Å². The number of piperidine rings is 1. The van der Waals surface area contributed by atoms with Crippen LogP contribution in [0.4, 0.5) is 23.0 Å². The van der Waals surface area contributed by atoms with Gasteiger partial charge in [-0.2, -0.15) is 5.10 Å². The van der Waals surface area contributed by atoms with Crippen LogP contribution in [0, 0.1) is 0 Å². The fraction of sp³-hybridized carbons (Fsp3) is 0.323. The molecule has 13 heteroatoms. The molecule has 0 radical (unpaired) electrons. The second-order valence-electron chi connectivity index (χ2n) is 10.7. The van der Waals surface area contributed by atoms with E-state index >= 15 is 0 Å². The summed E-state index contributed by atoms with van der Waals surface area (Å²) in [5.74, 6) is 0.624. The number of piperazine rings is 1. The summed E-state index contributed by atoms with van der Waals surface area (Å²) in [5.41, 5.74) is 4.02. The highest BCUT2D eigenvalue weighted by molar-refractivity contribution is 6.33. The zero-order chi connectivity index (χ0) is 30.6. The van der Waals surface area contributed by atoms with Gasteiger partial charge in [0.25, 0.3) is 0 Å². The van der Waals surface area contributed by atoms with Gasteiger partial charge in [0.1, 0.15) is 5.75 Å². The Labute approximate surface area is 260 Å². The van der Waals surface area contributed by atoms with Crippen LogP contribution in [0.25, 0.3) is 16.8 Å². The van der Waals surface area contributed by atoms with Gasteiger partial charge >= 0.3 is 0 Å². The van der Waals surface area contributed by atoms with Gasteiger partial charge in [-0.3, -0.25) is 9.59 Å². The molecule has 1 aromatic carbocycles. The van der Waals surface area contributed by atoms with E-state index in [1.165, 1.54) is 12.3 Å². The minimum atomic E-state index is -0.349. The fourth-order valence-electron chi connectivity index (χ4n) is 5.69. The molecule has 2 aliphatic heterocycles. The van der Waals surface area contributed by atoms with Crippen molar-refractivity contribution in [3.8, 4) is 17.0 Å². The smallest absolute Gasteiger partial charge is 0.247 e. The van der Waals surface area contributed by atoms with Crippen molar-refractivity contribution >= 4 is 51.9 Å². The van der Waals surface area contributed by atoms with Crippen LogP contribution < -0.4 is 25.6 Å². The molecule has 228 valence electrons. The van der Waals surface area contributed by atoms with Crippen LogP contribution in [-0.2, 0) is 9.59 Å². The molecule has 2 fully saturated rings. The number of amides is 2. The lowest BCUT2D eigenvalue weighted by atomic mass is 10.0. The Hall–Kier alpha value is -4.68. The third kappa shape index (κ3) is 6.03. The van der Waals surface area contributed by atoms with E-state index in [9.17, 15) is 9.59 Å². The standard InChI is InChI=1S/C31H34ClN9O3/c1-3-28(42)36-23-16-24(37-31-34-19-21(32)29(38-31)20-18-35-41-11-7-5-9-25(20)41)27(44-2)17-26(23)39-12-14-40(15-13-39)30(43)22-8-4-6-10-33-22/h3,5,7,9,11,16-19,22,33H,1,4,6,8,10,12-15H2,2H3,(H,36,42)(H,34,37,38)/t22-/m1/s1. The van der Waals surface area contributed by atoms with Crippen LogP contribution in [-0.4, -0.2) is 82.2 Å². The first-order valence-corrected chi connectivity index (χ1v) is 15.0. The van der Waals surface area contributed by atoms with E-state index < -0.39 is 0 Å². The Balaban J connectivity index is 1.27. The molecule has 12 nitrogen and oxygen atoms in total. The van der Waals surface area contributed by atoms with E-state index in [2.05, 4.69) is 37.5 Å². The molecule has 0 aliphatic carbocycles. The minimum absolute atomic E-state index is 0.105. The van der Waals surface area contributed by atoms with Gasteiger partial charge in [0.05, 0.1) is 58.8 Å². The number of methoxy groups -OCH3 is 1. The number of rotatable bonds is 8. The van der Waals surface area contributed by atoms with Gasteiger partial charge in [0.15, 0.2) is 0 Å². The number of halogens is 1. The molecule has 0 bridgehead atoms. The van der Waals surface area contributed by atoms with Gasteiger partial charge in [-0.15, -0.1) is 0 Å². The van der Waals surface area contributed by atoms with E-state index in [0.717, 1.165) is 42.6 Å². The van der Waals surface area contributed by atoms with Crippen molar-refractivity contribution in [2.75, 3.05) is 55.4 Å². The topological polar surface area (TPSA) is 129 Å². The molecule has 1 atom stereocenters. The Morgan fingerprint density at radius 3 is 2.73 bits per heavy atom. The lowest BCUT2D eigenvalue weighted by Gasteiger charge is -2.39. The molecular weight excluding hydrogens is 582 g/mol. The van der Waals surface area contributed by atoms with Crippen molar-refractivity contribution in [2.24, 2.45) is 0 Å². The number of hydrogen-bond acceptors (Lipinski definition) is 9. The SMILES string of the molecule is C=CC(=O)Nc1cc(Nc2ncc(Cl)c(-c3cnn4ccccc34)n2)c(OC)cc1N1CCN(C(=O)[C@H]2CCCCN2)CC1. The summed E-state index contributed by atoms with van der Waals surface area (Å²) >= 11 is 6.52. The molecule has 4 aromatic rings. The van der Waals surface area contributed by atoms with Crippen LogP contribution in [0.1, 0.15) is 19.3 Å². The molecule has 44 heavy (non-hydrogen) atoms. The molecule has 0 unspecified atom stereocenters. The number of pyridine rings is 1. The van der Waals surface area contributed by atoms with Crippen molar-refractivity contribution in [3.63, 3.8) is 0 Å². The number of benzene rings is 1. The van der Waals surface area contributed by atoms with Gasteiger partial charge in [0.2, 0.25) is 17.8 Å². The number of nitrogens with zero attached hydrogens (tertiary/aromatic N) is 6. The second-order valence-corrected chi connectivity index (χ2v) is 11.1. The highest BCUT2D eigenvalue weighted by Gasteiger charge is 2.29. The second kappa shape index (κ2) is 12.9. The monoisotopic (exact) mass is 615 g/mol. The summed E-state index contributed by atoms with van der Waals surface area (Å²) in [6, 6.07) is 9.30.